The third kappa shape index (κ3) is 3.44. The average Bonchev–Trinajstić information content (AvgIpc) is 2.77. The highest BCUT2D eigenvalue weighted by Crippen LogP contribution is 2.22. The molecule has 0 aliphatic heterocycles. The number of aryl methyl sites for hydroxylation is 3. The Bertz CT molecular complexity index is 588. The van der Waals surface area contributed by atoms with Gasteiger partial charge in [-0.3, -0.25) is 4.79 Å². The van der Waals surface area contributed by atoms with Crippen LogP contribution in [-0.4, -0.2) is 21.0 Å². The number of carboxylic acid groups (broad SMARTS) is 1. The molecular weight excluding hydrogens is 240 g/mol. The zero-order chi connectivity index (χ0) is 13.8. The largest absolute Gasteiger partial charge is 0.481 e. The van der Waals surface area contributed by atoms with Gasteiger partial charge in [-0.15, -0.1) is 0 Å². The minimum atomic E-state index is -0.763. The number of carboxylic acids is 1. The highest BCUT2D eigenvalue weighted by atomic mass is 16.4. The molecule has 0 saturated carbocycles. The number of hydrogen-bond acceptors (Lipinski definition) is 2. The fourth-order valence-electron chi connectivity index (χ4n) is 2.15. The van der Waals surface area contributed by atoms with Crippen LogP contribution in [0.5, 0.6) is 0 Å². The van der Waals surface area contributed by atoms with Gasteiger partial charge in [-0.2, -0.15) is 0 Å². The number of aromatic amines is 1. The molecule has 2 rings (SSSR count). The number of aromatic nitrogens is 2. The van der Waals surface area contributed by atoms with Crippen LogP contribution in [-0.2, 0) is 11.2 Å². The maximum Gasteiger partial charge on any atom is 0.303 e. The van der Waals surface area contributed by atoms with E-state index < -0.39 is 5.97 Å². The first-order chi connectivity index (χ1) is 9.06. The van der Waals surface area contributed by atoms with Crippen molar-refractivity contribution >= 4 is 5.97 Å². The third-order valence-electron chi connectivity index (χ3n) is 3.10. The number of carbonyl (C=O) groups is 1. The van der Waals surface area contributed by atoms with Gasteiger partial charge in [0.25, 0.3) is 0 Å². The van der Waals surface area contributed by atoms with Crippen molar-refractivity contribution < 1.29 is 9.90 Å². The van der Waals surface area contributed by atoms with Crippen LogP contribution >= 0.6 is 0 Å². The molecule has 1 heterocycles. The van der Waals surface area contributed by atoms with Crippen molar-refractivity contribution in [3.05, 3.63) is 41.3 Å². The third-order valence-corrected chi connectivity index (χ3v) is 3.10. The van der Waals surface area contributed by atoms with Gasteiger partial charge in [-0.25, -0.2) is 4.98 Å². The summed E-state index contributed by atoms with van der Waals surface area (Å²) in [5, 5.41) is 8.61. The van der Waals surface area contributed by atoms with Gasteiger partial charge in [0, 0.05) is 18.4 Å². The summed E-state index contributed by atoms with van der Waals surface area (Å²) >= 11 is 0. The van der Waals surface area contributed by atoms with Crippen LogP contribution < -0.4 is 0 Å². The summed E-state index contributed by atoms with van der Waals surface area (Å²) in [6.45, 7) is 4.15. The lowest BCUT2D eigenvalue weighted by Crippen LogP contribution is -1.96. The van der Waals surface area contributed by atoms with Crippen molar-refractivity contribution in [1.82, 2.24) is 9.97 Å². The SMILES string of the molecule is Cc1ccc(-c2cnc(CCCC(=O)O)[nH]2)c(C)c1. The summed E-state index contributed by atoms with van der Waals surface area (Å²) in [6, 6.07) is 6.30. The maximum absolute atomic E-state index is 10.5. The molecule has 0 aliphatic carbocycles. The number of imidazole rings is 1. The van der Waals surface area contributed by atoms with Crippen molar-refractivity contribution in [1.29, 1.82) is 0 Å². The van der Waals surface area contributed by atoms with E-state index in [1.165, 1.54) is 11.1 Å². The van der Waals surface area contributed by atoms with Crippen molar-refractivity contribution in [3.8, 4) is 11.3 Å². The van der Waals surface area contributed by atoms with Crippen LogP contribution in [0.3, 0.4) is 0 Å². The molecule has 0 radical (unpaired) electrons. The van der Waals surface area contributed by atoms with Crippen LogP contribution in [0.15, 0.2) is 24.4 Å². The Balaban J connectivity index is 2.10. The fraction of sp³-hybridized carbons (Fsp3) is 0.333. The Morgan fingerprint density at radius 2 is 2.16 bits per heavy atom. The minimum Gasteiger partial charge on any atom is -0.481 e. The van der Waals surface area contributed by atoms with E-state index in [0.29, 0.717) is 12.8 Å². The van der Waals surface area contributed by atoms with Gasteiger partial charge < -0.3 is 10.1 Å². The second-order valence-corrected chi connectivity index (χ2v) is 4.81. The van der Waals surface area contributed by atoms with Crippen molar-refractivity contribution in [2.75, 3.05) is 0 Å². The molecule has 0 atom stereocenters. The van der Waals surface area contributed by atoms with Gasteiger partial charge >= 0.3 is 5.97 Å². The average molecular weight is 258 g/mol. The van der Waals surface area contributed by atoms with E-state index >= 15 is 0 Å². The van der Waals surface area contributed by atoms with Crippen LogP contribution in [0.2, 0.25) is 0 Å². The minimum absolute atomic E-state index is 0.180. The van der Waals surface area contributed by atoms with E-state index in [9.17, 15) is 4.79 Å². The van der Waals surface area contributed by atoms with Gasteiger partial charge in [0.1, 0.15) is 5.82 Å². The van der Waals surface area contributed by atoms with Gasteiger partial charge in [-0.05, 0) is 25.8 Å². The number of nitrogens with zero attached hydrogens (tertiary/aromatic N) is 1. The van der Waals surface area contributed by atoms with Crippen LogP contribution in [0, 0.1) is 13.8 Å². The predicted octanol–water partition coefficient (Wildman–Crippen LogP) is 3.10. The Morgan fingerprint density at radius 1 is 1.37 bits per heavy atom. The fourth-order valence-corrected chi connectivity index (χ4v) is 2.15. The van der Waals surface area contributed by atoms with Crippen molar-refractivity contribution in [2.45, 2.75) is 33.1 Å². The highest BCUT2D eigenvalue weighted by Gasteiger charge is 2.06. The van der Waals surface area contributed by atoms with E-state index in [1.807, 2.05) is 6.20 Å². The van der Waals surface area contributed by atoms with E-state index in [-0.39, 0.29) is 6.42 Å². The number of hydrogen-bond donors (Lipinski definition) is 2. The molecule has 19 heavy (non-hydrogen) atoms. The summed E-state index contributed by atoms with van der Waals surface area (Å²) < 4.78 is 0. The summed E-state index contributed by atoms with van der Waals surface area (Å²) in [4.78, 5) is 18.0. The maximum atomic E-state index is 10.5. The first kappa shape index (κ1) is 13.3. The van der Waals surface area contributed by atoms with E-state index in [0.717, 1.165) is 17.1 Å². The molecule has 2 aromatic rings. The molecule has 4 nitrogen and oxygen atoms in total. The molecule has 0 fully saturated rings. The summed E-state index contributed by atoms with van der Waals surface area (Å²) in [5.74, 6) is 0.0809. The molecule has 100 valence electrons. The van der Waals surface area contributed by atoms with Crippen LogP contribution in [0.25, 0.3) is 11.3 Å². The first-order valence-electron chi connectivity index (χ1n) is 6.39. The molecule has 1 aromatic heterocycles. The van der Waals surface area contributed by atoms with Crippen LogP contribution in [0.4, 0.5) is 0 Å². The molecule has 0 spiro atoms. The summed E-state index contributed by atoms with van der Waals surface area (Å²) in [5.41, 5.74) is 4.58. The second kappa shape index (κ2) is 5.69. The quantitative estimate of drug-likeness (QED) is 0.866. The van der Waals surface area contributed by atoms with E-state index in [1.54, 1.807) is 0 Å². The number of H-pyrrole nitrogens is 1. The normalized spacial score (nSPS) is 10.6. The molecule has 0 saturated heterocycles. The zero-order valence-electron chi connectivity index (χ0n) is 11.2. The lowest BCUT2D eigenvalue weighted by Gasteiger charge is -2.04. The molecule has 0 aliphatic rings. The van der Waals surface area contributed by atoms with Gasteiger partial charge in [-0.1, -0.05) is 23.8 Å². The second-order valence-electron chi connectivity index (χ2n) is 4.81. The number of benzene rings is 1. The molecule has 0 amide bonds. The number of nitrogens with one attached hydrogen (secondary N) is 1. The number of aliphatic carboxylic acids is 1. The Kier molecular flexibility index (Phi) is 4.00. The lowest BCUT2D eigenvalue weighted by atomic mass is 10.0. The monoisotopic (exact) mass is 258 g/mol. The van der Waals surface area contributed by atoms with Gasteiger partial charge in [0.2, 0.25) is 0 Å². The molecule has 2 N–H and O–H groups in total. The standard InChI is InChI=1S/C15H18N2O2/c1-10-6-7-12(11(2)8-10)13-9-16-14(17-13)4-3-5-15(18)19/h6-9H,3-5H2,1-2H3,(H,16,17)(H,18,19). The molecule has 4 heteroatoms. The van der Waals surface area contributed by atoms with Crippen molar-refractivity contribution in [3.63, 3.8) is 0 Å². The molecule has 0 unspecified atom stereocenters. The molecule has 1 aromatic carbocycles. The number of rotatable bonds is 5. The summed E-state index contributed by atoms with van der Waals surface area (Å²) in [7, 11) is 0. The zero-order valence-corrected chi connectivity index (χ0v) is 11.2. The van der Waals surface area contributed by atoms with Gasteiger partial charge in [0.15, 0.2) is 0 Å². The first-order valence-corrected chi connectivity index (χ1v) is 6.39. The van der Waals surface area contributed by atoms with Crippen LogP contribution in [0.1, 0.15) is 29.8 Å². The predicted molar refractivity (Wildman–Crippen MR) is 74.1 cm³/mol. The lowest BCUT2D eigenvalue weighted by molar-refractivity contribution is -0.137. The van der Waals surface area contributed by atoms with Gasteiger partial charge in [0.05, 0.1) is 11.9 Å². The smallest absolute Gasteiger partial charge is 0.303 e. The Hall–Kier alpha value is -2.10. The van der Waals surface area contributed by atoms with E-state index in [4.69, 9.17) is 5.11 Å². The Labute approximate surface area is 112 Å². The highest BCUT2D eigenvalue weighted by molar-refractivity contribution is 5.66. The topological polar surface area (TPSA) is 66.0 Å². The van der Waals surface area contributed by atoms with E-state index in [2.05, 4.69) is 42.0 Å². The summed E-state index contributed by atoms with van der Waals surface area (Å²) in [6.07, 6.45) is 3.26. The van der Waals surface area contributed by atoms with Crippen molar-refractivity contribution in [2.24, 2.45) is 0 Å². The Morgan fingerprint density at radius 3 is 2.84 bits per heavy atom. The molecule has 0 bridgehead atoms. The molecular formula is C15H18N2O2.